The second-order valence-corrected chi connectivity index (χ2v) is 5.45. The van der Waals surface area contributed by atoms with E-state index in [0.717, 1.165) is 5.56 Å². The maximum Gasteiger partial charge on any atom is 0.338 e. The Morgan fingerprint density at radius 1 is 1.41 bits per heavy atom. The predicted molar refractivity (Wildman–Crippen MR) is 86.0 cm³/mol. The molecule has 1 heterocycles. The quantitative estimate of drug-likeness (QED) is 0.845. The van der Waals surface area contributed by atoms with Crippen LogP contribution in [0.3, 0.4) is 0 Å². The lowest BCUT2D eigenvalue weighted by atomic mass is 10.0. The number of anilines is 1. The van der Waals surface area contributed by atoms with E-state index < -0.39 is 0 Å². The molecule has 1 N–H and O–H groups in total. The number of aromatic nitrogens is 2. The first-order chi connectivity index (χ1) is 10.5. The molecule has 2 aromatic rings. The van der Waals surface area contributed by atoms with Gasteiger partial charge in [0.25, 0.3) is 5.91 Å². The number of nitrogens with one attached hydrogen (secondary N) is 1. The van der Waals surface area contributed by atoms with E-state index in [2.05, 4.69) is 26.2 Å². The fourth-order valence-corrected chi connectivity index (χ4v) is 2.33. The van der Waals surface area contributed by atoms with E-state index in [9.17, 15) is 9.59 Å². The molecule has 0 aliphatic rings. The van der Waals surface area contributed by atoms with Crippen LogP contribution in [0.1, 0.15) is 33.5 Å². The van der Waals surface area contributed by atoms with Crippen LogP contribution in [0.2, 0.25) is 0 Å². The van der Waals surface area contributed by atoms with E-state index in [-0.39, 0.29) is 11.9 Å². The number of ether oxygens (including phenoxy) is 1. The van der Waals surface area contributed by atoms with Crippen molar-refractivity contribution in [2.24, 2.45) is 7.05 Å². The van der Waals surface area contributed by atoms with Crippen LogP contribution in [-0.4, -0.2) is 28.5 Å². The third-order valence-corrected chi connectivity index (χ3v) is 4.02. The first-order valence-corrected chi connectivity index (χ1v) is 7.47. The van der Waals surface area contributed by atoms with Crippen LogP contribution in [0.15, 0.2) is 29.0 Å². The molecule has 0 unspecified atom stereocenters. The van der Waals surface area contributed by atoms with Crippen LogP contribution in [-0.2, 0) is 18.2 Å². The number of carbonyl (C=O) groups is 2. The lowest BCUT2D eigenvalue weighted by molar-refractivity contribution is 0.0599. The van der Waals surface area contributed by atoms with E-state index >= 15 is 0 Å². The molecule has 7 heteroatoms. The second-order valence-electron chi connectivity index (χ2n) is 4.63. The number of aryl methyl sites for hydroxylation is 1. The molecule has 0 spiro atoms. The molecule has 0 aliphatic carbocycles. The Hall–Kier alpha value is -2.15. The lowest BCUT2D eigenvalue weighted by Gasteiger charge is -2.10. The van der Waals surface area contributed by atoms with Gasteiger partial charge < -0.3 is 14.6 Å². The Bertz CT molecular complexity index is 725. The molecule has 0 aliphatic heterocycles. The highest BCUT2D eigenvalue weighted by atomic mass is 79.9. The number of halogens is 1. The standard InChI is InChI=1S/C15H16BrN3O3/c1-4-9-7-10(5-6-11(9)15(21)22-3)18-14(20)13-17-8-12(16)19(13)2/h5-8H,4H2,1-3H3,(H,18,20). The minimum Gasteiger partial charge on any atom is -0.465 e. The average Bonchev–Trinajstić information content (AvgIpc) is 2.86. The van der Waals surface area contributed by atoms with Gasteiger partial charge in [-0.3, -0.25) is 4.79 Å². The summed E-state index contributed by atoms with van der Waals surface area (Å²) in [4.78, 5) is 27.9. The monoisotopic (exact) mass is 365 g/mol. The molecule has 1 amide bonds. The number of carbonyl (C=O) groups excluding carboxylic acids is 2. The molecule has 0 atom stereocenters. The second kappa shape index (κ2) is 6.74. The summed E-state index contributed by atoms with van der Waals surface area (Å²) >= 11 is 3.30. The highest BCUT2D eigenvalue weighted by molar-refractivity contribution is 9.10. The minimum atomic E-state index is -0.386. The summed E-state index contributed by atoms with van der Waals surface area (Å²) in [5.41, 5.74) is 1.92. The summed E-state index contributed by atoms with van der Waals surface area (Å²) in [7, 11) is 3.08. The highest BCUT2D eigenvalue weighted by Gasteiger charge is 2.16. The number of benzene rings is 1. The zero-order valence-electron chi connectivity index (χ0n) is 12.5. The van der Waals surface area contributed by atoms with Crippen molar-refractivity contribution in [3.63, 3.8) is 0 Å². The van der Waals surface area contributed by atoms with E-state index in [0.29, 0.717) is 28.1 Å². The Morgan fingerprint density at radius 3 is 2.68 bits per heavy atom. The molecule has 0 radical (unpaired) electrons. The van der Waals surface area contributed by atoms with Crippen molar-refractivity contribution >= 4 is 33.5 Å². The number of imidazole rings is 1. The lowest BCUT2D eigenvalue weighted by Crippen LogP contribution is -2.17. The van der Waals surface area contributed by atoms with Gasteiger partial charge in [-0.1, -0.05) is 6.92 Å². The minimum absolute atomic E-state index is 0.293. The van der Waals surface area contributed by atoms with Gasteiger partial charge >= 0.3 is 5.97 Å². The van der Waals surface area contributed by atoms with Crippen LogP contribution in [0.5, 0.6) is 0 Å². The van der Waals surface area contributed by atoms with E-state index in [4.69, 9.17) is 4.74 Å². The largest absolute Gasteiger partial charge is 0.465 e. The molecular weight excluding hydrogens is 350 g/mol. The summed E-state index contributed by atoms with van der Waals surface area (Å²) in [6, 6.07) is 5.08. The van der Waals surface area contributed by atoms with Gasteiger partial charge in [-0.05, 0) is 46.1 Å². The van der Waals surface area contributed by atoms with Crippen LogP contribution in [0.25, 0.3) is 0 Å². The predicted octanol–water partition coefficient (Wildman–Crippen LogP) is 2.78. The third kappa shape index (κ3) is 3.19. The van der Waals surface area contributed by atoms with Gasteiger partial charge in [0.05, 0.1) is 18.9 Å². The maximum atomic E-state index is 12.2. The molecular formula is C15H16BrN3O3. The molecule has 0 saturated heterocycles. The fraction of sp³-hybridized carbons (Fsp3) is 0.267. The number of amides is 1. The van der Waals surface area contributed by atoms with Crippen molar-refractivity contribution in [1.82, 2.24) is 9.55 Å². The van der Waals surface area contributed by atoms with Crippen molar-refractivity contribution < 1.29 is 14.3 Å². The van der Waals surface area contributed by atoms with E-state index in [1.807, 2.05) is 6.92 Å². The van der Waals surface area contributed by atoms with Crippen LogP contribution >= 0.6 is 15.9 Å². The molecule has 1 aromatic carbocycles. The molecule has 0 saturated carbocycles. The smallest absolute Gasteiger partial charge is 0.338 e. The third-order valence-electron chi connectivity index (χ3n) is 3.28. The fourth-order valence-electron chi connectivity index (χ4n) is 2.06. The number of nitrogens with zero attached hydrogens (tertiary/aromatic N) is 2. The Morgan fingerprint density at radius 2 is 2.14 bits per heavy atom. The molecule has 2 rings (SSSR count). The summed E-state index contributed by atoms with van der Waals surface area (Å²) in [6.45, 7) is 1.93. The SMILES string of the molecule is CCc1cc(NC(=O)c2ncc(Br)n2C)ccc1C(=O)OC. The van der Waals surface area contributed by atoms with Crippen molar-refractivity contribution in [1.29, 1.82) is 0 Å². The molecule has 22 heavy (non-hydrogen) atoms. The van der Waals surface area contributed by atoms with Crippen molar-refractivity contribution in [3.8, 4) is 0 Å². The Balaban J connectivity index is 2.25. The first kappa shape index (κ1) is 16.2. The average molecular weight is 366 g/mol. The van der Waals surface area contributed by atoms with E-state index in [1.54, 1.807) is 36.0 Å². The van der Waals surface area contributed by atoms with Gasteiger partial charge in [-0.15, -0.1) is 0 Å². The molecule has 1 aromatic heterocycles. The Kier molecular flexibility index (Phi) is 4.97. The highest BCUT2D eigenvalue weighted by Crippen LogP contribution is 2.19. The summed E-state index contributed by atoms with van der Waals surface area (Å²) in [5.74, 6) is -0.411. The van der Waals surface area contributed by atoms with Gasteiger partial charge in [0, 0.05) is 12.7 Å². The Labute approximate surface area is 136 Å². The first-order valence-electron chi connectivity index (χ1n) is 6.67. The summed E-state index contributed by atoms with van der Waals surface area (Å²) in [5, 5.41) is 2.78. The van der Waals surface area contributed by atoms with Crippen LogP contribution in [0.4, 0.5) is 5.69 Å². The molecule has 116 valence electrons. The van der Waals surface area contributed by atoms with Gasteiger partial charge in [0.15, 0.2) is 5.82 Å². The zero-order valence-corrected chi connectivity index (χ0v) is 14.1. The number of methoxy groups -OCH3 is 1. The van der Waals surface area contributed by atoms with Gasteiger partial charge in [-0.25, -0.2) is 9.78 Å². The normalized spacial score (nSPS) is 10.4. The molecule has 0 fully saturated rings. The van der Waals surface area contributed by atoms with Crippen molar-refractivity contribution in [2.75, 3.05) is 12.4 Å². The molecule has 0 bridgehead atoms. The number of esters is 1. The van der Waals surface area contributed by atoms with Crippen molar-refractivity contribution in [2.45, 2.75) is 13.3 Å². The van der Waals surface area contributed by atoms with E-state index in [1.165, 1.54) is 7.11 Å². The topological polar surface area (TPSA) is 73.2 Å². The summed E-state index contributed by atoms with van der Waals surface area (Å²) in [6.07, 6.45) is 2.22. The van der Waals surface area contributed by atoms with Crippen LogP contribution < -0.4 is 5.32 Å². The van der Waals surface area contributed by atoms with Gasteiger partial charge in [-0.2, -0.15) is 0 Å². The maximum absolute atomic E-state index is 12.2. The van der Waals surface area contributed by atoms with Crippen molar-refractivity contribution in [3.05, 3.63) is 46.0 Å². The number of hydrogen-bond donors (Lipinski definition) is 1. The van der Waals surface area contributed by atoms with Gasteiger partial charge in [0.1, 0.15) is 4.60 Å². The summed E-state index contributed by atoms with van der Waals surface area (Å²) < 4.78 is 7.10. The van der Waals surface area contributed by atoms with Gasteiger partial charge in [0.2, 0.25) is 0 Å². The molecule has 6 nitrogen and oxygen atoms in total. The number of hydrogen-bond acceptors (Lipinski definition) is 4. The van der Waals surface area contributed by atoms with Crippen LogP contribution in [0, 0.1) is 0 Å². The zero-order chi connectivity index (χ0) is 16.3. The number of rotatable bonds is 4.